The summed E-state index contributed by atoms with van der Waals surface area (Å²) in [6.07, 6.45) is -15.5. The Labute approximate surface area is 140 Å². The van der Waals surface area contributed by atoms with Gasteiger partial charge in [-0.25, -0.2) is 0 Å². The molecule has 11 heteroatoms. The van der Waals surface area contributed by atoms with Crippen molar-refractivity contribution in [1.82, 2.24) is 0 Å². The average molecular weight is 389 g/mol. The second-order valence-electron chi connectivity index (χ2n) is 5.03. The molecule has 2 aromatic carbocycles. The Bertz CT molecular complexity index is 806. The van der Waals surface area contributed by atoms with Crippen LogP contribution in [0.4, 0.5) is 45.2 Å². The van der Waals surface area contributed by atoms with Gasteiger partial charge in [-0.1, -0.05) is 6.07 Å². The zero-order valence-electron chi connectivity index (χ0n) is 12.4. The molecular weight excluding hydrogens is 381 g/mol. The summed E-state index contributed by atoms with van der Waals surface area (Å²) in [4.78, 5) is 0. The molecule has 26 heavy (non-hydrogen) atoms. The summed E-state index contributed by atoms with van der Waals surface area (Å²) < 4.78 is 121. The zero-order valence-corrected chi connectivity index (χ0v) is 12.4. The molecule has 0 radical (unpaired) electrons. The van der Waals surface area contributed by atoms with Gasteiger partial charge in [-0.2, -0.15) is 39.5 Å². The Morgan fingerprint density at radius 2 is 1.35 bits per heavy atom. The van der Waals surface area contributed by atoms with Crippen LogP contribution >= 0.6 is 0 Å². The van der Waals surface area contributed by atoms with Gasteiger partial charge in [-0.15, -0.1) is 0 Å². The predicted octanol–water partition coefficient (Wildman–Crippen LogP) is 6.12. The highest BCUT2D eigenvalue weighted by Crippen LogP contribution is 2.48. The average Bonchev–Trinajstić information content (AvgIpc) is 2.44. The molecule has 0 amide bonds. The largest absolute Gasteiger partial charge is 0.456 e. The summed E-state index contributed by atoms with van der Waals surface area (Å²) in [5.74, 6) is -2.58. The molecule has 0 saturated heterocycles. The first kappa shape index (κ1) is 19.7. The summed E-state index contributed by atoms with van der Waals surface area (Å²) in [7, 11) is 0. The van der Waals surface area contributed by atoms with E-state index in [1.165, 1.54) is 0 Å². The SMILES string of the molecule is Nc1ccc(C(F)(F)F)c(Oc2cccc(C(F)(F)F)c2)c1C(F)(F)F. The molecule has 0 aromatic heterocycles. The van der Waals surface area contributed by atoms with Crippen LogP contribution in [0.1, 0.15) is 16.7 Å². The molecular formula is C15H8F9NO. The van der Waals surface area contributed by atoms with Crippen molar-refractivity contribution in [2.24, 2.45) is 0 Å². The van der Waals surface area contributed by atoms with Crippen LogP contribution in [0.25, 0.3) is 0 Å². The van der Waals surface area contributed by atoms with Crippen LogP contribution in [0.15, 0.2) is 36.4 Å². The van der Waals surface area contributed by atoms with Crippen LogP contribution in [0, 0.1) is 0 Å². The number of nitrogen functional groups attached to an aromatic ring is 1. The van der Waals surface area contributed by atoms with Gasteiger partial charge in [0, 0.05) is 5.69 Å². The first-order valence-corrected chi connectivity index (χ1v) is 6.63. The van der Waals surface area contributed by atoms with Crippen molar-refractivity contribution in [3.05, 3.63) is 53.1 Å². The van der Waals surface area contributed by atoms with Gasteiger partial charge < -0.3 is 10.5 Å². The number of benzene rings is 2. The third kappa shape index (κ3) is 4.14. The number of halogens is 9. The summed E-state index contributed by atoms with van der Waals surface area (Å²) in [5, 5.41) is 0. The molecule has 0 aliphatic carbocycles. The molecule has 0 unspecified atom stereocenters. The summed E-state index contributed by atoms with van der Waals surface area (Å²) in [6.45, 7) is 0. The Kier molecular flexibility index (Phi) is 4.77. The molecule has 0 aliphatic rings. The van der Waals surface area contributed by atoms with Gasteiger partial charge in [0.05, 0.1) is 11.1 Å². The van der Waals surface area contributed by atoms with Crippen molar-refractivity contribution < 1.29 is 44.3 Å². The fourth-order valence-electron chi connectivity index (χ4n) is 2.07. The lowest BCUT2D eigenvalue weighted by Gasteiger charge is -2.20. The smallest absolute Gasteiger partial charge is 0.421 e. The highest BCUT2D eigenvalue weighted by molar-refractivity contribution is 5.61. The summed E-state index contributed by atoms with van der Waals surface area (Å²) in [6, 6.07) is 3.09. The summed E-state index contributed by atoms with van der Waals surface area (Å²) >= 11 is 0. The molecule has 2 nitrogen and oxygen atoms in total. The molecule has 0 heterocycles. The fourth-order valence-corrected chi connectivity index (χ4v) is 2.07. The number of rotatable bonds is 2. The maximum atomic E-state index is 13.1. The molecule has 0 saturated carbocycles. The number of hydrogen-bond donors (Lipinski definition) is 1. The monoisotopic (exact) mass is 389 g/mol. The first-order valence-electron chi connectivity index (χ1n) is 6.63. The van der Waals surface area contributed by atoms with Crippen molar-refractivity contribution in [2.75, 3.05) is 5.73 Å². The van der Waals surface area contributed by atoms with E-state index in [1.54, 1.807) is 0 Å². The normalized spacial score (nSPS) is 13.0. The van der Waals surface area contributed by atoms with Crippen LogP contribution in [0.5, 0.6) is 11.5 Å². The molecule has 2 N–H and O–H groups in total. The van der Waals surface area contributed by atoms with Crippen molar-refractivity contribution in [2.45, 2.75) is 18.5 Å². The van der Waals surface area contributed by atoms with Crippen LogP contribution < -0.4 is 10.5 Å². The Morgan fingerprint density at radius 1 is 0.731 bits per heavy atom. The number of nitrogens with two attached hydrogens (primary N) is 1. The van der Waals surface area contributed by atoms with Crippen LogP contribution in [-0.4, -0.2) is 0 Å². The van der Waals surface area contributed by atoms with Crippen molar-refractivity contribution in [3.8, 4) is 11.5 Å². The van der Waals surface area contributed by atoms with Gasteiger partial charge in [0.15, 0.2) is 5.75 Å². The quantitative estimate of drug-likeness (QED) is 0.496. The second kappa shape index (κ2) is 6.29. The predicted molar refractivity (Wildman–Crippen MR) is 72.4 cm³/mol. The maximum Gasteiger partial charge on any atom is 0.421 e. The number of hydrogen-bond acceptors (Lipinski definition) is 2. The standard InChI is InChI=1S/C15H8F9NO/c16-13(17,18)7-2-1-3-8(6-7)26-12-9(14(19,20)21)4-5-10(25)11(12)15(22,23)24/h1-6H,25H2. The molecule has 2 aromatic rings. The number of alkyl halides is 9. The van der Waals surface area contributed by atoms with E-state index in [1.807, 2.05) is 0 Å². The van der Waals surface area contributed by atoms with E-state index in [0.29, 0.717) is 12.1 Å². The lowest BCUT2D eigenvalue weighted by molar-refractivity contribution is -0.145. The third-order valence-electron chi connectivity index (χ3n) is 3.16. The van der Waals surface area contributed by atoms with Gasteiger partial charge in [0.1, 0.15) is 11.3 Å². The van der Waals surface area contributed by atoms with Crippen molar-refractivity contribution >= 4 is 5.69 Å². The van der Waals surface area contributed by atoms with Crippen LogP contribution in [0.2, 0.25) is 0 Å². The number of ether oxygens (including phenoxy) is 1. The lowest BCUT2D eigenvalue weighted by atomic mass is 10.1. The minimum Gasteiger partial charge on any atom is -0.456 e. The highest BCUT2D eigenvalue weighted by Gasteiger charge is 2.44. The lowest BCUT2D eigenvalue weighted by Crippen LogP contribution is -2.16. The zero-order chi connectivity index (χ0) is 19.9. The van der Waals surface area contributed by atoms with Crippen LogP contribution in [-0.2, 0) is 18.5 Å². The molecule has 2 rings (SSSR count). The minimum absolute atomic E-state index is 0.257. The van der Waals surface area contributed by atoms with E-state index < -0.39 is 52.4 Å². The van der Waals surface area contributed by atoms with Gasteiger partial charge in [-0.3, -0.25) is 0 Å². The number of anilines is 1. The van der Waals surface area contributed by atoms with Gasteiger partial charge in [-0.05, 0) is 30.3 Å². The molecule has 142 valence electrons. The molecule has 0 aliphatic heterocycles. The Balaban J connectivity index is 2.67. The van der Waals surface area contributed by atoms with E-state index in [2.05, 4.69) is 4.74 Å². The van der Waals surface area contributed by atoms with Gasteiger partial charge in [0.25, 0.3) is 0 Å². The molecule has 0 atom stereocenters. The summed E-state index contributed by atoms with van der Waals surface area (Å²) in [5.41, 5.74) is -0.991. The Morgan fingerprint density at radius 3 is 1.85 bits per heavy atom. The van der Waals surface area contributed by atoms with Crippen molar-refractivity contribution in [3.63, 3.8) is 0 Å². The van der Waals surface area contributed by atoms with E-state index >= 15 is 0 Å². The van der Waals surface area contributed by atoms with Gasteiger partial charge >= 0.3 is 18.5 Å². The third-order valence-corrected chi connectivity index (χ3v) is 3.16. The van der Waals surface area contributed by atoms with E-state index in [9.17, 15) is 39.5 Å². The van der Waals surface area contributed by atoms with E-state index in [0.717, 1.165) is 12.1 Å². The first-order chi connectivity index (χ1) is 11.7. The van der Waals surface area contributed by atoms with Gasteiger partial charge in [0.2, 0.25) is 0 Å². The highest BCUT2D eigenvalue weighted by atomic mass is 19.4. The van der Waals surface area contributed by atoms with Crippen LogP contribution in [0.3, 0.4) is 0 Å². The minimum atomic E-state index is -5.33. The molecule has 0 bridgehead atoms. The molecule has 0 fully saturated rings. The second-order valence-corrected chi connectivity index (χ2v) is 5.03. The van der Waals surface area contributed by atoms with Crippen molar-refractivity contribution in [1.29, 1.82) is 0 Å². The van der Waals surface area contributed by atoms with E-state index in [-0.39, 0.29) is 12.1 Å². The maximum absolute atomic E-state index is 13.1. The fraction of sp³-hybridized carbons (Fsp3) is 0.200. The van der Waals surface area contributed by atoms with E-state index in [4.69, 9.17) is 5.73 Å². The Hall–Kier alpha value is -2.59. The molecule has 0 spiro atoms. The topological polar surface area (TPSA) is 35.2 Å².